The molecule has 0 fully saturated rings. The predicted molar refractivity (Wildman–Crippen MR) is 75.3 cm³/mol. The maximum absolute atomic E-state index is 6.11. The highest BCUT2D eigenvalue weighted by Crippen LogP contribution is 2.22. The van der Waals surface area contributed by atoms with E-state index in [4.69, 9.17) is 11.6 Å². The predicted octanol–water partition coefficient (Wildman–Crippen LogP) is 3.82. The Kier molecular flexibility index (Phi) is 6.25. The molecule has 0 radical (unpaired) electrons. The van der Waals surface area contributed by atoms with Crippen LogP contribution >= 0.6 is 23.4 Å². The summed E-state index contributed by atoms with van der Waals surface area (Å²) in [5.41, 5.74) is 1.23. The Hall–Kier alpha value is -0.180. The van der Waals surface area contributed by atoms with E-state index in [0.29, 0.717) is 12.0 Å². The van der Waals surface area contributed by atoms with Gasteiger partial charge in [0.25, 0.3) is 0 Å². The first-order valence-electron chi connectivity index (χ1n) is 5.63. The summed E-state index contributed by atoms with van der Waals surface area (Å²) in [6.07, 6.45) is 0. The summed E-state index contributed by atoms with van der Waals surface area (Å²) in [7, 11) is 2.03. The second kappa shape index (κ2) is 7.21. The minimum absolute atomic E-state index is 0.576. The van der Waals surface area contributed by atoms with Crippen LogP contribution in [0.1, 0.15) is 19.4 Å². The van der Waals surface area contributed by atoms with Gasteiger partial charge in [-0.15, -0.1) is 0 Å². The van der Waals surface area contributed by atoms with Crippen molar-refractivity contribution in [3.05, 3.63) is 34.9 Å². The molecule has 0 amide bonds. The van der Waals surface area contributed by atoms with Crippen LogP contribution in [0.3, 0.4) is 0 Å². The van der Waals surface area contributed by atoms with Gasteiger partial charge in [0.15, 0.2) is 0 Å². The van der Waals surface area contributed by atoms with Crippen molar-refractivity contribution in [2.75, 3.05) is 12.8 Å². The molecule has 0 aliphatic heterocycles. The van der Waals surface area contributed by atoms with Crippen molar-refractivity contribution in [3.8, 4) is 0 Å². The van der Waals surface area contributed by atoms with Crippen molar-refractivity contribution < 1.29 is 0 Å². The van der Waals surface area contributed by atoms with Crippen LogP contribution in [0.2, 0.25) is 5.02 Å². The van der Waals surface area contributed by atoms with E-state index in [1.807, 2.05) is 37.0 Å². The number of hydrogen-bond acceptors (Lipinski definition) is 2. The number of halogens is 1. The molecule has 0 bridgehead atoms. The molecule has 16 heavy (non-hydrogen) atoms. The van der Waals surface area contributed by atoms with Gasteiger partial charge in [0.1, 0.15) is 0 Å². The van der Waals surface area contributed by atoms with Crippen LogP contribution in [-0.2, 0) is 5.75 Å². The quantitative estimate of drug-likeness (QED) is 0.832. The molecular formula is C13H20ClNS. The molecule has 1 rings (SSSR count). The third-order valence-electron chi connectivity index (χ3n) is 2.69. The third-order valence-corrected chi connectivity index (χ3v) is 4.17. The number of thioether (sulfide) groups is 1. The van der Waals surface area contributed by atoms with Crippen molar-refractivity contribution >= 4 is 23.4 Å². The lowest BCUT2D eigenvalue weighted by Crippen LogP contribution is -2.32. The Bertz CT molecular complexity index is 315. The summed E-state index contributed by atoms with van der Waals surface area (Å²) in [5.74, 6) is 2.79. The highest BCUT2D eigenvalue weighted by atomic mass is 35.5. The average Bonchev–Trinajstić information content (AvgIpc) is 2.26. The molecule has 1 aromatic carbocycles. The van der Waals surface area contributed by atoms with Crippen molar-refractivity contribution in [1.82, 2.24) is 5.32 Å². The first-order chi connectivity index (χ1) is 7.65. The van der Waals surface area contributed by atoms with Gasteiger partial charge < -0.3 is 5.32 Å². The van der Waals surface area contributed by atoms with Gasteiger partial charge in [-0.05, 0) is 24.6 Å². The zero-order valence-electron chi connectivity index (χ0n) is 10.2. The fourth-order valence-electron chi connectivity index (χ4n) is 1.52. The molecule has 1 unspecified atom stereocenters. The second-order valence-corrected chi connectivity index (χ2v) is 5.68. The molecule has 3 heteroatoms. The van der Waals surface area contributed by atoms with Crippen LogP contribution in [0.15, 0.2) is 24.3 Å². The normalized spacial score (nSPS) is 13.1. The Morgan fingerprint density at radius 1 is 1.31 bits per heavy atom. The summed E-state index contributed by atoms with van der Waals surface area (Å²) in [6, 6.07) is 8.64. The number of hydrogen-bond donors (Lipinski definition) is 1. The lowest BCUT2D eigenvalue weighted by Gasteiger charge is -2.19. The molecule has 0 aliphatic carbocycles. The van der Waals surface area contributed by atoms with E-state index in [1.165, 1.54) is 5.56 Å². The lowest BCUT2D eigenvalue weighted by atomic mass is 10.1. The smallest absolute Gasteiger partial charge is 0.0446 e. The summed E-state index contributed by atoms with van der Waals surface area (Å²) < 4.78 is 0. The SMILES string of the molecule is CNC(CSCc1ccccc1Cl)C(C)C. The van der Waals surface area contributed by atoms with Crippen molar-refractivity contribution in [2.45, 2.75) is 25.6 Å². The summed E-state index contributed by atoms with van der Waals surface area (Å²) in [5, 5.41) is 4.22. The van der Waals surface area contributed by atoms with Gasteiger partial charge >= 0.3 is 0 Å². The maximum Gasteiger partial charge on any atom is 0.0446 e. The molecule has 0 aliphatic rings. The molecule has 1 aromatic rings. The van der Waals surface area contributed by atoms with E-state index in [2.05, 4.69) is 25.2 Å². The van der Waals surface area contributed by atoms with Crippen molar-refractivity contribution in [2.24, 2.45) is 5.92 Å². The minimum Gasteiger partial charge on any atom is -0.316 e. The van der Waals surface area contributed by atoms with Crippen LogP contribution in [0.4, 0.5) is 0 Å². The van der Waals surface area contributed by atoms with Gasteiger partial charge in [0.2, 0.25) is 0 Å². The van der Waals surface area contributed by atoms with Crippen LogP contribution < -0.4 is 5.32 Å². The molecule has 0 heterocycles. The van der Waals surface area contributed by atoms with Gasteiger partial charge in [-0.3, -0.25) is 0 Å². The first kappa shape index (κ1) is 13.9. The minimum atomic E-state index is 0.576. The maximum atomic E-state index is 6.11. The number of nitrogens with one attached hydrogen (secondary N) is 1. The standard InChI is InChI=1S/C13H20ClNS/c1-10(2)13(15-3)9-16-8-11-6-4-5-7-12(11)14/h4-7,10,13,15H,8-9H2,1-3H3. The fourth-order valence-corrected chi connectivity index (χ4v) is 3.20. The topological polar surface area (TPSA) is 12.0 Å². The number of benzene rings is 1. The van der Waals surface area contributed by atoms with E-state index < -0.39 is 0 Å². The van der Waals surface area contributed by atoms with E-state index in [-0.39, 0.29) is 0 Å². The van der Waals surface area contributed by atoms with Crippen LogP contribution in [0, 0.1) is 5.92 Å². The average molecular weight is 258 g/mol. The molecule has 0 spiro atoms. The molecule has 1 nitrogen and oxygen atoms in total. The first-order valence-corrected chi connectivity index (χ1v) is 7.16. The molecule has 0 aromatic heterocycles. The van der Waals surface area contributed by atoms with Gasteiger partial charge in [-0.1, -0.05) is 43.6 Å². The third kappa shape index (κ3) is 4.36. The molecule has 1 N–H and O–H groups in total. The molecule has 0 saturated carbocycles. The van der Waals surface area contributed by atoms with Gasteiger partial charge in [0, 0.05) is 22.6 Å². The molecule has 0 saturated heterocycles. The Morgan fingerprint density at radius 2 is 2.00 bits per heavy atom. The Balaban J connectivity index is 2.38. The molecule has 90 valence electrons. The van der Waals surface area contributed by atoms with E-state index in [1.54, 1.807) is 0 Å². The van der Waals surface area contributed by atoms with E-state index in [9.17, 15) is 0 Å². The van der Waals surface area contributed by atoms with Gasteiger partial charge in [0.05, 0.1) is 0 Å². The zero-order chi connectivity index (χ0) is 12.0. The lowest BCUT2D eigenvalue weighted by molar-refractivity contribution is 0.465. The van der Waals surface area contributed by atoms with Crippen molar-refractivity contribution in [1.29, 1.82) is 0 Å². The zero-order valence-corrected chi connectivity index (χ0v) is 11.7. The Labute approximate surface area is 108 Å². The second-order valence-electron chi connectivity index (χ2n) is 4.25. The molecule has 1 atom stereocenters. The fraction of sp³-hybridized carbons (Fsp3) is 0.538. The van der Waals surface area contributed by atoms with Gasteiger partial charge in [-0.2, -0.15) is 11.8 Å². The summed E-state index contributed by atoms with van der Waals surface area (Å²) >= 11 is 8.04. The van der Waals surface area contributed by atoms with Crippen molar-refractivity contribution in [3.63, 3.8) is 0 Å². The number of rotatable bonds is 6. The van der Waals surface area contributed by atoms with E-state index >= 15 is 0 Å². The Morgan fingerprint density at radius 3 is 2.56 bits per heavy atom. The van der Waals surface area contributed by atoms with E-state index in [0.717, 1.165) is 16.5 Å². The van der Waals surface area contributed by atoms with Crippen LogP contribution in [0.5, 0.6) is 0 Å². The summed E-state index contributed by atoms with van der Waals surface area (Å²) in [6.45, 7) is 4.49. The largest absolute Gasteiger partial charge is 0.316 e. The monoisotopic (exact) mass is 257 g/mol. The molecular weight excluding hydrogens is 238 g/mol. The highest BCUT2D eigenvalue weighted by Gasteiger charge is 2.10. The summed E-state index contributed by atoms with van der Waals surface area (Å²) in [4.78, 5) is 0. The van der Waals surface area contributed by atoms with Crippen LogP contribution in [-0.4, -0.2) is 18.8 Å². The van der Waals surface area contributed by atoms with Crippen LogP contribution in [0.25, 0.3) is 0 Å². The van der Waals surface area contributed by atoms with Gasteiger partial charge in [-0.25, -0.2) is 0 Å². The highest BCUT2D eigenvalue weighted by molar-refractivity contribution is 7.98.